The molecule has 0 saturated heterocycles. The van der Waals surface area contributed by atoms with Crippen LogP contribution in [-0.4, -0.2) is 16.7 Å². The molecule has 0 atom stereocenters. The first-order valence-electron chi connectivity index (χ1n) is 5.74. The zero-order valence-electron chi connectivity index (χ0n) is 10.5. The molecule has 88 valence electrons. The Morgan fingerprint density at radius 3 is 2.41 bits per heavy atom. The number of imidazole rings is 1. The van der Waals surface area contributed by atoms with E-state index in [2.05, 4.69) is 55.0 Å². The number of hydrogen-bond donors (Lipinski definition) is 1. The van der Waals surface area contributed by atoms with E-state index in [0.717, 1.165) is 11.3 Å². The third-order valence-electron chi connectivity index (χ3n) is 2.34. The molecule has 0 bridgehead atoms. The number of aromatic amines is 1. The Balaban J connectivity index is 2.17. The van der Waals surface area contributed by atoms with Gasteiger partial charge in [0.1, 0.15) is 18.1 Å². The molecule has 1 heterocycles. The lowest BCUT2D eigenvalue weighted by Gasteiger charge is -2.10. The topological polar surface area (TPSA) is 32.0 Å². The summed E-state index contributed by atoms with van der Waals surface area (Å²) in [7, 11) is 0. The van der Waals surface area contributed by atoms with Crippen molar-refractivity contribution in [2.75, 3.05) is 0 Å². The molecule has 2 aromatic rings. The molecule has 2 rings (SSSR count). The van der Waals surface area contributed by atoms with Gasteiger partial charge in [-0.3, -0.25) is 4.99 Å². The van der Waals surface area contributed by atoms with Gasteiger partial charge in [-0.15, -0.1) is 0 Å². The van der Waals surface area contributed by atoms with E-state index in [4.69, 9.17) is 0 Å². The molecule has 0 amide bonds. The molecule has 0 aliphatic heterocycles. The summed E-state index contributed by atoms with van der Waals surface area (Å²) in [5, 5.41) is 0. The summed E-state index contributed by atoms with van der Waals surface area (Å²) < 4.78 is 2.03. The number of aromatic nitrogens is 2. The molecule has 0 aliphatic rings. The standard InChI is InChI=1S/C14H17N3/c1-14(2,3)16-10-12-4-6-13(7-5-12)17-9-8-15-11-17/h4-11H,1-3H3/p+1. The Labute approximate surface area is 102 Å². The second kappa shape index (κ2) is 4.53. The number of aliphatic imine (C=N–C) groups is 1. The lowest BCUT2D eigenvalue weighted by Crippen LogP contribution is -2.26. The largest absolute Gasteiger partial charge is 0.287 e. The van der Waals surface area contributed by atoms with Crippen LogP contribution in [-0.2, 0) is 0 Å². The van der Waals surface area contributed by atoms with Crippen LogP contribution in [0.1, 0.15) is 26.3 Å². The second-order valence-electron chi connectivity index (χ2n) is 5.04. The van der Waals surface area contributed by atoms with E-state index in [1.165, 1.54) is 0 Å². The minimum Gasteiger partial charge on any atom is -0.287 e. The molecule has 1 aromatic carbocycles. The molecule has 0 spiro atoms. The van der Waals surface area contributed by atoms with Crippen molar-refractivity contribution in [2.24, 2.45) is 4.99 Å². The van der Waals surface area contributed by atoms with E-state index in [1.54, 1.807) is 0 Å². The predicted octanol–water partition coefficient (Wildman–Crippen LogP) is 2.51. The number of H-pyrrole nitrogens is 1. The Morgan fingerprint density at radius 1 is 1.18 bits per heavy atom. The second-order valence-corrected chi connectivity index (χ2v) is 5.04. The van der Waals surface area contributed by atoms with Crippen LogP contribution in [0.2, 0.25) is 0 Å². The van der Waals surface area contributed by atoms with Crippen LogP contribution in [0.15, 0.2) is 48.0 Å². The van der Waals surface area contributed by atoms with Crippen molar-refractivity contribution in [3.8, 4) is 5.69 Å². The number of benzene rings is 1. The highest BCUT2D eigenvalue weighted by Crippen LogP contribution is 2.07. The minimum atomic E-state index is -0.0198. The highest BCUT2D eigenvalue weighted by molar-refractivity contribution is 5.80. The Kier molecular flexibility index (Phi) is 3.09. The van der Waals surface area contributed by atoms with E-state index in [0.29, 0.717) is 0 Å². The molecule has 0 radical (unpaired) electrons. The highest BCUT2D eigenvalue weighted by atomic mass is 15.0. The maximum absolute atomic E-state index is 4.48. The lowest BCUT2D eigenvalue weighted by atomic mass is 10.1. The van der Waals surface area contributed by atoms with Gasteiger partial charge in [-0.2, -0.15) is 0 Å². The van der Waals surface area contributed by atoms with Gasteiger partial charge in [0.15, 0.2) is 0 Å². The van der Waals surface area contributed by atoms with Crippen LogP contribution in [0.3, 0.4) is 0 Å². The molecule has 0 saturated carbocycles. The maximum Gasteiger partial charge on any atom is 0.246 e. The summed E-state index contributed by atoms with van der Waals surface area (Å²) in [6.07, 6.45) is 7.72. The zero-order valence-corrected chi connectivity index (χ0v) is 10.5. The van der Waals surface area contributed by atoms with Crippen molar-refractivity contribution in [2.45, 2.75) is 26.3 Å². The van der Waals surface area contributed by atoms with E-state index < -0.39 is 0 Å². The fraction of sp³-hybridized carbons (Fsp3) is 0.286. The first kappa shape index (κ1) is 11.6. The van der Waals surface area contributed by atoms with Gasteiger partial charge in [0.05, 0.1) is 5.54 Å². The van der Waals surface area contributed by atoms with Gasteiger partial charge in [-0.25, -0.2) is 9.55 Å². The van der Waals surface area contributed by atoms with Gasteiger partial charge in [0, 0.05) is 6.21 Å². The molecule has 17 heavy (non-hydrogen) atoms. The summed E-state index contributed by atoms with van der Waals surface area (Å²) in [6.45, 7) is 6.27. The summed E-state index contributed by atoms with van der Waals surface area (Å²) in [6, 6.07) is 8.31. The van der Waals surface area contributed by atoms with Crippen molar-refractivity contribution < 1.29 is 4.57 Å². The van der Waals surface area contributed by atoms with E-state index in [9.17, 15) is 0 Å². The summed E-state index contributed by atoms with van der Waals surface area (Å²) in [5.74, 6) is 0. The van der Waals surface area contributed by atoms with Crippen LogP contribution in [0.25, 0.3) is 5.69 Å². The first-order valence-corrected chi connectivity index (χ1v) is 5.74. The quantitative estimate of drug-likeness (QED) is 0.605. The van der Waals surface area contributed by atoms with Gasteiger partial charge in [-0.1, -0.05) is 0 Å². The van der Waals surface area contributed by atoms with Crippen LogP contribution in [0.4, 0.5) is 0 Å². The summed E-state index contributed by atoms with van der Waals surface area (Å²) in [4.78, 5) is 7.51. The molecule has 0 fully saturated rings. The van der Waals surface area contributed by atoms with Crippen molar-refractivity contribution in [1.29, 1.82) is 0 Å². The normalized spacial score (nSPS) is 12.2. The van der Waals surface area contributed by atoms with E-state index >= 15 is 0 Å². The fourth-order valence-corrected chi connectivity index (χ4v) is 1.45. The molecule has 0 aliphatic carbocycles. The highest BCUT2D eigenvalue weighted by Gasteiger charge is 2.05. The molecule has 1 N–H and O–H groups in total. The van der Waals surface area contributed by atoms with Crippen LogP contribution < -0.4 is 4.57 Å². The van der Waals surface area contributed by atoms with E-state index in [1.807, 2.05) is 29.5 Å². The van der Waals surface area contributed by atoms with Crippen molar-refractivity contribution in [1.82, 2.24) is 4.98 Å². The third kappa shape index (κ3) is 3.28. The molecule has 0 unspecified atom stereocenters. The summed E-state index contributed by atoms with van der Waals surface area (Å²) >= 11 is 0. The van der Waals surface area contributed by atoms with Gasteiger partial charge in [-0.05, 0) is 50.6 Å². The van der Waals surface area contributed by atoms with Crippen molar-refractivity contribution >= 4 is 6.21 Å². The number of nitrogens with zero attached hydrogens (tertiary/aromatic N) is 2. The molecule has 1 aromatic heterocycles. The monoisotopic (exact) mass is 228 g/mol. The number of nitrogens with one attached hydrogen (secondary N) is 1. The van der Waals surface area contributed by atoms with Gasteiger partial charge >= 0.3 is 0 Å². The number of hydrogen-bond acceptors (Lipinski definition) is 1. The maximum atomic E-state index is 4.48. The van der Waals surface area contributed by atoms with Crippen molar-refractivity contribution in [3.05, 3.63) is 48.5 Å². The minimum absolute atomic E-state index is 0.0198. The third-order valence-corrected chi connectivity index (χ3v) is 2.34. The summed E-state index contributed by atoms with van der Waals surface area (Å²) in [5.41, 5.74) is 2.24. The molecule has 3 nitrogen and oxygen atoms in total. The molecular weight excluding hydrogens is 210 g/mol. The van der Waals surface area contributed by atoms with E-state index in [-0.39, 0.29) is 5.54 Å². The van der Waals surface area contributed by atoms with Crippen LogP contribution in [0.5, 0.6) is 0 Å². The number of rotatable bonds is 2. The Bertz CT molecular complexity index is 487. The van der Waals surface area contributed by atoms with Gasteiger partial charge < -0.3 is 0 Å². The molecular formula is C14H18N3+. The molecule has 3 heteroatoms. The van der Waals surface area contributed by atoms with Gasteiger partial charge in [0.25, 0.3) is 0 Å². The van der Waals surface area contributed by atoms with Crippen molar-refractivity contribution in [3.63, 3.8) is 0 Å². The first-order chi connectivity index (χ1) is 8.04. The average Bonchev–Trinajstić information content (AvgIpc) is 2.79. The lowest BCUT2D eigenvalue weighted by molar-refractivity contribution is -0.594. The predicted molar refractivity (Wildman–Crippen MR) is 69.7 cm³/mol. The Hall–Kier alpha value is -1.90. The average molecular weight is 228 g/mol. The Morgan fingerprint density at radius 2 is 1.88 bits per heavy atom. The fourth-order valence-electron chi connectivity index (χ4n) is 1.45. The van der Waals surface area contributed by atoms with Crippen LogP contribution in [0, 0.1) is 0 Å². The smallest absolute Gasteiger partial charge is 0.246 e. The zero-order chi connectivity index (χ0) is 12.3. The SMILES string of the molecule is CC(C)(C)N=Cc1ccc(-[n+]2cc[nH]c2)cc1. The van der Waals surface area contributed by atoms with Gasteiger partial charge in [0.2, 0.25) is 6.33 Å². The van der Waals surface area contributed by atoms with Crippen LogP contribution >= 0.6 is 0 Å².